The van der Waals surface area contributed by atoms with E-state index in [0.717, 1.165) is 37.3 Å². The van der Waals surface area contributed by atoms with Gasteiger partial charge in [0, 0.05) is 5.39 Å². The maximum absolute atomic E-state index is 14.3. The third-order valence-electron chi connectivity index (χ3n) is 4.41. The van der Waals surface area contributed by atoms with Crippen LogP contribution in [-0.2, 0) is 6.42 Å². The third-order valence-corrected chi connectivity index (χ3v) is 4.41. The minimum absolute atomic E-state index is 0.0809. The van der Waals surface area contributed by atoms with Gasteiger partial charge in [0.15, 0.2) is 11.6 Å². The Morgan fingerprint density at radius 3 is 2.48 bits per heavy atom. The van der Waals surface area contributed by atoms with E-state index in [4.69, 9.17) is 4.74 Å². The van der Waals surface area contributed by atoms with Crippen LogP contribution in [0.15, 0.2) is 48.5 Å². The molecule has 0 unspecified atom stereocenters. The first-order chi connectivity index (χ1) is 13.0. The molecule has 0 bridgehead atoms. The summed E-state index contributed by atoms with van der Waals surface area (Å²) in [6.45, 7) is 2.09. The largest absolute Gasteiger partial charge is 0.423 e. The van der Waals surface area contributed by atoms with Crippen molar-refractivity contribution >= 4 is 16.7 Å². The number of esters is 1. The Kier molecular flexibility index (Phi) is 5.79. The molecule has 0 saturated carbocycles. The normalized spacial score (nSPS) is 11.0. The van der Waals surface area contributed by atoms with Gasteiger partial charge in [0.05, 0.1) is 5.56 Å². The van der Waals surface area contributed by atoms with E-state index in [1.54, 1.807) is 6.07 Å². The summed E-state index contributed by atoms with van der Waals surface area (Å²) in [6.07, 6.45) is 3.87. The Balaban J connectivity index is 1.77. The molecule has 27 heavy (non-hydrogen) atoms. The highest BCUT2D eigenvalue weighted by Crippen LogP contribution is 2.25. The van der Waals surface area contributed by atoms with Crippen LogP contribution in [0.4, 0.5) is 13.2 Å². The molecule has 0 aliphatic carbocycles. The lowest BCUT2D eigenvalue weighted by molar-refractivity contribution is 0.0730. The average molecular weight is 372 g/mol. The second kappa shape index (κ2) is 8.25. The first-order valence-electron chi connectivity index (χ1n) is 8.88. The molecule has 0 N–H and O–H groups in total. The monoisotopic (exact) mass is 372 g/mol. The number of unbranched alkanes of at least 4 members (excludes halogenated alkanes) is 2. The quantitative estimate of drug-likeness (QED) is 0.292. The molecule has 3 rings (SSSR count). The Bertz CT molecular complexity index is 983. The van der Waals surface area contributed by atoms with E-state index in [9.17, 15) is 18.0 Å². The molecule has 0 saturated heterocycles. The zero-order valence-corrected chi connectivity index (χ0v) is 14.9. The van der Waals surface area contributed by atoms with Crippen LogP contribution < -0.4 is 4.74 Å². The van der Waals surface area contributed by atoms with Crippen LogP contribution in [0.1, 0.15) is 42.1 Å². The zero-order valence-electron chi connectivity index (χ0n) is 14.9. The Morgan fingerprint density at radius 2 is 1.74 bits per heavy atom. The summed E-state index contributed by atoms with van der Waals surface area (Å²) >= 11 is 0. The van der Waals surface area contributed by atoms with E-state index in [0.29, 0.717) is 5.39 Å². The second-order valence-corrected chi connectivity index (χ2v) is 6.41. The van der Waals surface area contributed by atoms with Crippen LogP contribution in [0.3, 0.4) is 0 Å². The van der Waals surface area contributed by atoms with Gasteiger partial charge in [-0.3, -0.25) is 0 Å². The van der Waals surface area contributed by atoms with Crippen molar-refractivity contribution in [2.75, 3.05) is 0 Å². The Labute approximate surface area is 155 Å². The molecule has 0 amide bonds. The molecule has 0 spiro atoms. The Hall–Kier alpha value is -2.82. The fraction of sp³-hybridized carbons (Fsp3) is 0.227. The van der Waals surface area contributed by atoms with Gasteiger partial charge >= 0.3 is 5.97 Å². The molecule has 3 aromatic rings. The van der Waals surface area contributed by atoms with E-state index in [2.05, 4.69) is 6.92 Å². The summed E-state index contributed by atoms with van der Waals surface area (Å²) in [4.78, 5) is 12.3. The predicted molar refractivity (Wildman–Crippen MR) is 98.5 cm³/mol. The molecule has 0 fully saturated rings. The van der Waals surface area contributed by atoms with Crippen molar-refractivity contribution < 1.29 is 22.7 Å². The highest BCUT2D eigenvalue weighted by atomic mass is 19.2. The first kappa shape index (κ1) is 19.0. The summed E-state index contributed by atoms with van der Waals surface area (Å²) in [5.74, 6) is -3.26. The lowest BCUT2D eigenvalue weighted by Gasteiger charge is -2.08. The molecule has 2 nitrogen and oxygen atoms in total. The number of hydrogen-bond acceptors (Lipinski definition) is 2. The number of carbonyl (C=O) groups is 1. The van der Waals surface area contributed by atoms with E-state index in [1.165, 1.54) is 36.4 Å². The van der Waals surface area contributed by atoms with Gasteiger partial charge in [0.1, 0.15) is 11.6 Å². The van der Waals surface area contributed by atoms with Crippen LogP contribution in [-0.4, -0.2) is 5.97 Å². The molecule has 0 radical (unpaired) electrons. The van der Waals surface area contributed by atoms with E-state index < -0.39 is 23.4 Å². The lowest BCUT2D eigenvalue weighted by Crippen LogP contribution is -2.11. The predicted octanol–water partition coefficient (Wildman–Crippen LogP) is 6.21. The molecule has 0 heterocycles. The third kappa shape index (κ3) is 4.30. The number of carbonyl (C=O) groups excluding carboxylic acids is 1. The summed E-state index contributed by atoms with van der Waals surface area (Å²) in [7, 11) is 0. The molecule has 5 heteroatoms. The number of hydrogen-bond donors (Lipinski definition) is 0. The topological polar surface area (TPSA) is 26.3 Å². The van der Waals surface area contributed by atoms with Crippen LogP contribution in [0, 0.1) is 17.5 Å². The van der Waals surface area contributed by atoms with Crippen molar-refractivity contribution in [2.45, 2.75) is 32.6 Å². The van der Waals surface area contributed by atoms with E-state index >= 15 is 0 Å². The van der Waals surface area contributed by atoms with Gasteiger partial charge in [-0.2, -0.15) is 0 Å². The van der Waals surface area contributed by atoms with Crippen molar-refractivity contribution in [3.63, 3.8) is 0 Å². The van der Waals surface area contributed by atoms with Gasteiger partial charge in [0.2, 0.25) is 0 Å². The summed E-state index contributed by atoms with van der Waals surface area (Å²) in [5, 5.41) is 0.461. The first-order valence-corrected chi connectivity index (χ1v) is 8.88. The van der Waals surface area contributed by atoms with Crippen LogP contribution >= 0.6 is 0 Å². The highest BCUT2D eigenvalue weighted by molar-refractivity contribution is 5.92. The summed E-state index contributed by atoms with van der Waals surface area (Å²) in [6, 6.07) is 10.9. The van der Waals surface area contributed by atoms with E-state index in [1.807, 2.05) is 0 Å². The smallest absolute Gasteiger partial charge is 0.346 e. The maximum atomic E-state index is 14.3. The molecule has 0 aliphatic heterocycles. The van der Waals surface area contributed by atoms with Gasteiger partial charge in [-0.05, 0) is 60.2 Å². The second-order valence-electron chi connectivity index (χ2n) is 6.41. The molecule has 0 atom stereocenters. The minimum atomic E-state index is -0.963. The van der Waals surface area contributed by atoms with Crippen molar-refractivity contribution in [3.8, 4) is 5.75 Å². The number of aryl methyl sites for hydroxylation is 1. The van der Waals surface area contributed by atoms with Crippen molar-refractivity contribution in [3.05, 3.63) is 77.1 Å². The van der Waals surface area contributed by atoms with Gasteiger partial charge in [-0.15, -0.1) is 0 Å². The SMILES string of the molecule is CCCCCc1ccc(C(=O)Oc2ccc3c(F)c(F)ccc3c2)c(F)c1. The molecule has 0 aromatic heterocycles. The standard InChI is InChI=1S/C22H19F3O2/c1-2-3-4-5-14-6-9-18(20(24)12-14)22(26)27-16-8-10-17-15(13-16)7-11-19(23)21(17)25/h6-13H,2-5H2,1H3. The Morgan fingerprint density at radius 1 is 0.926 bits per heavy atom. The van der Waals surface area contributed by atoms with Crippen LogP contribution in [0.5, 0.6) is 5.75 Å². The number of ether oxygens (including phenoxy) is 1. The average Bonchev–Trinajstić information content (AvgIpc) is 2.65. The van der Waals surface area contributed by atoms with E-state index in [-0.39, 0.29) is 16.7 Å². The maximum Gasteiger partial charge on any atom is 0.346 e. The lowest BCUT2D eigenvalue weighted by atomic mass is 10.0. The molecule has 140 valence electrons. The molecule has 3 aromatic carbocycles. The van der Waals surface area contributed by atoms with Crippen LogP contribution in [0.2, 0.25) is 0 Å². The van der Waals surface area contributed by atoms with Gasteiger partial charge in [0.25, 0.3) is 0 Å². The summed E-state index contributed by atoms with van der Waals surface area (Å²) < 4.78 is 46.5. The minimum Gasteiger partial charge on any atom is -0.423 e. The number of halogens is 3. The number of rotatable bonds is 6. The molecular weight excluding hydrogens is 353 g/mol. The van der Waals surface area contributed by atoms with Crippen molar-refractivity contribution in [1.82, 2.24) is 0 Å². The van der Waals surface area contributed by atoms with Crippen molar-refractivity contribution in [1.29, 1.82) is 0 Å². The highest BCUT2D eigenvalue weighted by Gasteiger charge is 2.16. The molecule has 0 aliphatic rings. The van der Waals surface area contributed by atoms with Gasteiger partial charge in [-0.1, -0.05) is 31.9 Å². The fourth-order valence-electron chi connectivity index (χ4n) is 2.93. The zero-order chi connectivity index (χ0) is 19.4. The van der Waals surface area contributed by atoms with Crippen LogP contribution in [0.25, 0.3) is 10.8 Å². The van der Waals surface area contributed by atoms with Crippen molar-refractivity contribution in [2.24, 2.45) is 0 Å². The molecular formula is C22H19F3O2. The fourth-order valence-corrected chi connectivity index (χ4v) is 2.93. The number of benzene rings is 3. The van der Waals surface area contributed by atoms with Gasteiger partial charge in [-0.25, -0.2) is 18.0 Å². The summed E-state index contributed by atoms with van der Waals surface area (Å²) in [5.41, 5.74) is 0.667. The van der Waals surface area contributed by atoms with Gasteiger partial charge < -0.3 is 4.74 Å². The number of fused-ring (bicyclic) bond motifs is 1.